The van der Waals surface area contributed by atoms with Gasteiger partial charge in [-0.25, -0.2) is 4.79 Å². The number of aryl methyl sites for hydroxylation is 1. The van der Waals surface area contributed by atoms with E-state index in [1.54, 1.807) is 36.4 Å². The van der Waals surface area contributed by atoms with Gasteiger partial charge in [-0.15, -0.1) is 0 Å². The summed E-state index contributed by atoms with van der Waals surface area (Å²) in [6.45, 7) is 1.57. The highest BCUT2D eigenvalue weighted by atomic mass is 79.9. The number of halogens is 2. The van der Waals surface area contributed by atoms with Crippen LogP contribution in [0.15, 0.2) is 76.6 Å². The molecule has 0 radical (unpaired) electrons. The standard InChI is InChI=1S/C25H18BrClN2O4/c1-14-10-15(7-9-21(14)27)31-13-23(30)32-16-6-8-18-22(11-16)33-25(29)19(12-28)24(18)17-4-2-3-5-20(17)26/h2-11,24H,13,29H2,1H3. The molecule has 33 heavy (non-hydrogen) atoms. The Morgan fingerprint density at radius 3 is 2.64 bits per heavy atom. The quantitative estimate of drug-likeness (QED) is 0.343. The first-order valence-corrected chi connectivity index (χ1v) is 11.1. The van der Waals surface area contributed by atoms with Gasteiger partial charge in [-0.3, -0.25) is 0 Å². The van der Waals surface area contributed by atoms with Crippen LogP contribution in [-0.4, -0.2) is 12.6 Å². The van der Waals surface area contributed by atoms with E-state index in [4.69, 9.17) is 31.5 Å². The molecule has 3 aromatic rings. The molecule has 1 unspecified atom stereocenters. The van der Waals surface area contributed by atoms with Crippen LogP contribution in [0.1, 0.15) is 22.6 Å². The van der Waals surface area contributed by atoms with Gasteiger partial charge in [0.05, 0.1) is 5.92 Å². The van der Waals surface area contributed by atoms with Gasteiger partial charge in [0, 0.05) is 21.1 Å². The molecular weight excluding hydrogens is 508 g/mol. The van der Waals surface area contributed by atoms with Gasteiger partial charge in [0.25, 0.3) is 0 Å². The van der Waals surface area contributed by atoms with Crippen LogP contribution in [0.4, 0.5) is 0 Å². The lowest BCUT2D eigenvalue weighted by Crippen LogP contribution is -2.22. The molecule has 1 heterocycles. The van der Waals surface area contributed by atoms with Crippen LogP contribution in [0.2, 0.25) is 5.02 Å². The Hall–Kier alpha value is -3.47. The van der Waals surface area contributed by atoms with Crippen molar-refractivity contribution < 1.29 is 19.0 Å². The van der Waals surface area contributed by atoms with E-state index in [2.05, 4.69) is 22.0 Å². The molecule has 0 bridgehead atoms. The third-order valence-corrected chi connectivity index (χ3v) is 6.27. The summed E-state index contributed by atoms with van der Waals surface area (Å²) in [6, 6.07) is 19.8. The first kappa shape index (κ1) is 22.7. The Kier molecular flexibility index (Phi) is 6.59. The van der Waals surface area contributed by atoms with E-state index in [1.165, 1.54) is 0 Å². The van der Waals surface area contributed by atoms with Gasteiger partial charge in [0.2, 0.25) is 5.88 Å². The molecule has 0 saturated carbocycles. The molecule has 8 heteroatoms. The van der Waals surface area contributed by atoms with Gasteiger partial charge in [0.1, 0.15) is 28.9 Å². The lowest BCUT2D eigenvalue weighted by atomic mass is 9.83. The average Bonchev–Trinajstić information content (AvgIpc) is 2.79. The predicted octanol–water partition coefficient (Wildman–Crippen LogP) is 5.61. The molecule has 2 N–H and O–H groups in total. The third kappa shape index (κ3) is 4.82. The van der Waals surface area contributed by atoms with Gasteiger partial charge in [-0.1, -0.05) is 51.8 Å². The molecule has 1 aliphatic rings. The smallest absolute Gasteiger partial charge is 0.349 e. The van der Waals surface area contributed by atoms with Gasteiger partial charge in [-0.2, -0.15) is 5.26 Å². The van der Waals surface area contributed by atoms with Crippen molar-refractivity contribution in [2.45, 2.75) is 12.8 Å². The van der Waals surface area contributed by atoms with Crippen molar-refractivity contribution in [2.75, 3.05) is 6.61 Å². The Labute approximate surface area is 204 Å². The van der Waals surface area contributed by atoms with Crippen molar-refractivity contribution in [2.24, 2.45) is 5.73 Å². The molecule has 3 aromatic carbocycles. The van der Waals surface area contributed by atoms with Crippen molar-refractivity contribution in [1.82, 2.24) is 0 Å². The first-order valence-electron chi connectivity index (χ1n) is 9.93. The molecule has 0 aromatic heterocycles. The van der Waals surface area contributed by atoms with Crippen LogP contribution in [0.25, 0.3) is 0 Å². The first-order chi connectivity index (χ1) is 15.9. The highest BCUT2D eigenvalue weighted by Gasteiger charge is 2.32. The number of fused-ring (bicyclic) bond motifs is 1. The van der Waals surface area contributed by atoms with E-state index in [0.717, 1.165) is 21.2 Å². The van der Waals surface area contributed by atoms with E-state index in [0.29, 0.717) is 22.1 Å². The van der Waals surface area contributed by atoms with Gasteiger partial charge < -0.3 is 19.9 Å². The van der Waals surface area contributed by atoms with Crippen LogP contribution in [0.5, 0.6) is 17.2 Å². The van der Waals surface area contributed by atoms with E-state index < -0.39 is 11.9 Å². The molecule has 1 atom stereocenters. The number of rotatable bonds is 5. The van der Waals surface area contributed by atoms with Crippen LogP contribution in [0, 0.1) is 18.3 Å². The van der Waals surface area contributed by atoms with Gasteiger partial charge >= 0.3 is 5.97 Å². The fourth-order valence-electron chi connectivity index (χ4n) is 3.54. The van der Waals surface area contributed by atoms with E-state index in [-0.39, 0.29) is 18.2 Å². The summed E-state index contributed by atoms with van der Waals surface area (Å²) in [6.07, 6.45) is 0. The van der Waals surface area contributed by atoms with Crippen molar-refractivity contribution >= 4 is 33.5 Å². The molecule has 0 fully saturated rings. The number of carbonyl (C=O) groups is 1. The molecule has 0 saturated heterocycles. The maximum atomic E-state index is 12.3. The fraction of sp³-hybridized carbons (Fsp3) is 0.120. The lowest BCUT2D eigenvalue weighted by Gasteiger charge is -2.27. The van der Waals surface area contributed by atoms with Crippen LogP contribution in [0.3, 0.4) is 0 Å². The summed E-state index contributed by atoms with van der Waals surface area (Å²) < 4.78 is 17.4. The van der Waals surface area contributed by atoms with Crippen molar-refractivity contribution in [3.8, 4) is 23.3 Å². The number of hydrogen-bond acceptors (Lipinski definition) is 6. The SMILES string of the molecule is Cc1cc(OCC(=O)Oc2ccc3c(c2)OC(N)=C(C#N)C3c2ccccc2Br)ccc1Cl. The fourth-order valence-corrected chi connectivity index (χ4v) is 4.17. The summed E-state index contributed by atoms with van der Waals surface area (Å²) in [7, 11) is 0. The summed E-state index contributed by atoms with van der Waals surface area (Å²) >= 11 is 9.55. The topological polar surface area (TPSA) is 94.6 Å². The van der Waals surface area contributed by atoms with Crippen LogP contribution < -0.4 is 19.9 Å². The molecule has 6 nitrogen and oxygen atoms in total. The van der Waals surface area contributed by atoms with Crippen molar-refractivity contribution in [3.63, 3.8) is 0 Å². The number of nitrogens with two attached hydrogens (primary N) is 1. The number of nitrogens with zero attached hydrogens (tertiary/aromatic N) is 1. The molecule has 1 aliphatic heterocycles. The second kappa shape index (κ2) is 9.57. The molecule has 166 valence electrons. The average molecular weight is 526 g/mol. The second-order valence-corrected chi connectivity index (χ2v) is 8.58. The zero-order valence-corrected chi connectivity index (χ0v) is 19.8. The van der Waals surface area contributed by atoms with Gasteiger partial charge in [0.15, 0.2) is 6.61 Å². The zero-order chi connectivity index (χ0) is 23.5. The van der Waals surface area contributed by atoms with E-state index >= 15 is 0 Å². The Balaban J connectivity index is 1.54. The number of ether oxygens (including phenoxy) is 3. The number of nitriles is 1. The Morgan fingerprint density at radius 1 is 1.15 bits per heavy atom. The number of esters is 1. The molecular formula is C25H18BrClN2O4. The monoisotopic (exact) mass is 524 g/mol. The third-order valence-electron chi connectivity index (χ3n) is 5.12. The number of carbonyl (C=O) groups excluding carboxylic acids is 1. The normalized spacial score (nSPS) is 14.7. The minimum atomic E-state index is -0.582. The second-order valence-electron chi connectivity index (χ2n) is 7.32. The number of hydrogen-bond donors (Lipinski definition) is 1. The maximum absolute atomic E-state index is 12.3. The summed E-state index contributed by atoms with van der Waals surface area (Å²) in [5, 5.41) is 10.3. The predicted molar refractivity (Wildman–Crippen MR) is 127 cm³/mol. The van der Waals surface area contributed by atoms with Crippen LogP contribution in [-0.2, 0) is 4.79 Å². The summed E-state index contributed by atoms with van der Waals surface area (Å²) in [5.74, 6) is 0.203. The number of allylic oxidation sites excluding steroid dienone is 1. The minimum Gasteiger partial charge on any atom is -0.482 e. The molecule has 0 spiro atoms. The Bertz CT molecular complexity index is 1320. The summed E-state index contributed by atoms with van der Waals surface area (Å²) in [4.78, 5) is 12.3. The molecule has 0 aliphatic carbocycles. The largest absolute Gasteiger partial charge is 0.482 e. The van der Waals surface area contributed by atoms with Crippen LogP contribution >= 0.6 is 27.5 Å². The van der Waals surface area contributed by atoms with Crippen molar-refractivity contribution in [1.29, 1.82) is 5.26 Å². The van der Waals surface area contributed by atoms with Crippen molar-refractivity contribution in [3.05, 3.63) is 98.3 Å². The van der Waals surface area contributed by atoms with Gasteiger partial charge in [-0.05, 0) is 48.4 Å². The lowest BCUT2D eigenvalue weighted by molar-refractivity contribution is -0.136. The Morgan fingerprint density at radius 2 is 1.91 bits per heavy atom. The number of benzene rings is 3. The minimum absolute atomic E-state index is 0.00988. The molecule has 0 amide bonds. The van der Waals surface area contributed by atoms with E-state index in [9.17, 15) is 10.1 Å². The highest BCUT2D eigenvalue weighted by Crippen LogP contribution is 2.45. The highest BCUT2D eigenvalue weighted by molar-refractivity contribution is 9.10. The summed E-state index contributed by atoms with van der Waals surface area (Å²) in [5.41, 5.74) is 8.82. The maximum Gasteiger partial charge on any atom is 0.349 e. The van der Waals surface area contributed by atoms with E-state index in [1.807, 2.05) is 31.2 Å². The molecule has 4 rings (SSSR count). The zero-order valence-electron chi connectivity index (χ0n) is 17.5.